The molecule has 0 radical (unpaired) electrons. The molecular formula is C41H70N6O9. The molecule has 5 N–H and O–H groups in total. The molecule has 4 aliphatic carbocycles. The van der Waals surface area contributed by atoms with E-state index in [-0.39, 0.29) is 23.6 Å². The molecule has 11 atom stereocenters. The second-order valence-electron chi connectivity index (χ2n) is 17.6. The molecule has 1 aromatic rings. The molecular weight excluding hydrogens is 720 g/mol. The summed E-state index contributed by atoms with van der Waals surface area (Å²) in [5.41, 5.74) is 0.677. The highest BCUT2D eigenvalue weighted by Crippen LogP contribution is 2.71. The lowest BCUT2D eigenvalue weighted by Gasteiger charge is -2.60. The number of fused-ring (bicyclic) bond motifs is 2. The lowest BCUT2D eigenvalue weighted by Crippen LogP contribution is -2.62. The predicted molar refractivity (Wildman–Crippen MR) is 209 cm³/mol. The highest BCUT2D eigenvalue weighted by molar-refractivity contribution is 5.83. The average molecular weight is 791 g/mol. The van der Waals surface area contributed by atoms with Crippen LogP contribution in [0.25, 0.3) is 0 Å². The molecule has 15 heteroatoms. The second-order valence-corrected chi connectivity index (χ2v) is 17.6. The van der Waals surface area contributed by atoms with Crippen molar-refractivity contribution < 1.29 is 44.5 Å². The van der Waals surface area contributed by atoms with E-state index < -0.39 is 31.0 Å². The number of hydrogen-bond acceptors (Lipinski definition) is 13. The minimum Gasteiger partial charge on any atom is -0.394 e. The molecule has 1 aromatic heterocycles. The van der Waals surface area contributed by atoms with Crippen LogP contribution in [-0.2, 0) is 32.1 Å². The SMILES string of the molecule is CCCCCCN(Cc1cn(CCOCCOCCOC23CCCC4CC2C(CC(=O)N2[C@H](C=NC)C[C@@H]5CC[C@@H]52)(C4)C3)nn1)C[C@H](O)[C@@H](O)[C@H](O)[C@H](O)CO. The van der Waals surface area contributed by atoms with E-state index in [9.17, 15) is 25.2 Å². The Labute approximate surface area is 332 Å². The quantitative estimate of drug-likeness (QED) is 0.0678. The maximum Gasteiger partial charge on any atom is 0.223 e. The van der Waals surface area contributed by atoms with Crippen molar-refractivity contribution in [1.82, 2.24) is 24.8 Å². The minimum absolute atomic E-state index is 0.0583. The van der Waals surface area contributed by atoms with Crippen molar-refractivity contribution >= 4 is 12.1 Å². The third-order valence-corrected chi connectivity index (χ3v) is 13.8. The third kappa shape index (κ3) is 10.2. The zero-order valence-corrected chi connectivity index (χ0v) is 33.9. The summed E-state index contributed by atoms with van der Waals surface area (Å²) in [5.74, 6) is 2.18. The van der Waals surface area contributed by atoms with Crippen LogP contribution in [0.4, 0.5) is 0 Å². The summed E-state index contributed by atoms with van der Waals surface area (Å²) in [4.78, 5) is 22.4. The molecule has 2 bridgehead atoms. The summed E-state index contributed by atoms with van der Waals surface area (Å²) in [6.07, 6.45) is 12.8. The van der Waals surface area contributed by atoms with E-state index in [1.54, 1.807) is 4.68 Å². The van der Waals surface area contributed by atoms with Gasteiger partial charge < -0.3 is 44.6 Å². The number of aromatic nitrogens is 3. The van der Waals surface area contributed by atoms with Crippen LogP contribution >= 0.6 is 0 Å². The van der Waals surface area contributed by atoms with Gasteiger partial charge in [0.25, 0.3) is 0 Å². The molecule has 5 aliphatic rings. The van der Waals surface area contributed by atoms with Gasteiger partial charge in [0.2, 0.25) is 5.91 Å². The normalized spacial score (nSPS) is 31.6. The van der Waals surface area contributed by atoms with Crippen LogP contribution < -0.4 is 0 Å². The van der Waals surface area contributed by atoms with Gasteiger partial charge in [-0.05, 0) is 81.1 Å². The Morgan fingerprint density at radius 3 is 2.57 bits per heavy atom. The van der Waals surface area contributed by atoms with Gasteiger partial charge in [0.05, 0.1) is 69.6 Å². The monoisotopic (exact) mass is 791 g/mol. The van der Waals surface area contributed by atoms with Crippen molar-refractivity contribution in [3.8, 4) is 0 Å². The zero-order chi connectivity index (χ0) is 39.7. The molecule has 1 saturated heterocycles. The molecule has 5 fully saturated rings. The van der Waals surface area contributed by atoms with Gasteiger partial charge >= 0.3 is 0 Å². The fourth-order valence-corrected chi connectivity index (χ4v) is 11.0. The van der Waals surface area contributed by atoms with E-state index in [0.717, 1.165) is 51.4 Å². The van der Waals surface area contributed by atoms with Gasteiger partial charge in [0, 0.05) is 45.0 Å². The Kier molecular flexibility index (Phi) is 15.7. The first-order chi connectivity index (χ1) is 27.1. The van der Waals surface area contributed by atoms with E-state index in [4.69, 9.17) is 19.3 Å². The summed E-state index contributed by atoms with van der Waals surface area (Å²) >= 11 is 0. The van der Waals surface area contributed by atoms with Gasteiger partial charge in [0.1, 0.15) is 18.3 Å². The van der Waals surface area contributed by atoms with Crippen LogP contribution in [0, 0.1) is 23.2 Å². The fraction of sp³-hybridized carbons (Fsp3) is 0.902. The fourth-order valence-electron chi connectivity index (χ4n) is 11.0. The molecule has 318 valence electrons. The molecule has 4 saturated carbocycles. The van der Waals surface area contributed by atoms with Crippen molar-refractivity contribution in [2.45, 2.75) is 152 Å². The highest BCUT2D eigenvalue weighted by atomic mass is 16.6. The summed E-state index contributed by atoms with van der Waals surface area (Å²) in [7, 11) is 1.82. The van der Waals surface area contributed by atoms with Crippen LogP contribution in [0.2, 0.25) is 0 Å². The number of amides is 1. The Hall–Kier alpha value is -2.08. The minimum atomic E-state index is -1.66. The number of ether oxygens (including phenoxy) is 3. The average Bonchev–Trinajstić information content (AvgIpc) is 3.78. The molecule has 56 heavy (non-hydrogen) atoms. The number of aliphatic imine (C=N–C) groups is 1. The van der Waals surface area contributed by atoms with Crippen molar-refractivity contribution in [1.29, 1.82) is 0 Å². The lowest BCUT2D eigenvalue weighted by atomic mass is 9.49. The first kappa shape index (κ1) is 43.5. The van der Waals surface area contributed by atoms with Crippen molar-refractivity contribution in [3.63, 3.8) is 0 Å². The standard InChI is InChI=1S/C41H70N6O9/c1-3-4-5-6-12-45(26-34(49)38(52)39(53)35(50)27-48)24-31-25-46(44-43-31)13-14-54-15-16-55-17-18-56-41-11-7-8-29-19-36(41)40(21-29,28-41)22-37(51)47-32(23-42-2)20-30-9-10-33(30)47/h23,25,29-30,32-36,38-39,48-50,52-53H,3-22,24,26-28H2,1-2H3/t29?,30-,32-,33-,34-,35+,36?,38+,39+,40?,41?/m0/s1. The van der Waals surface area contributed by atoms with Crippen molar-refractivity contribution in [2.75, 3.05) is 59.8 Å². The number of likely N-dealkylation sites (tertiary alicyclic amines) is 1. The topological polar surface area (TPSA) is 195 Å². The molecule has 1 aliphatic heterocycles. The number of carbonyl (C=O) groups excluding carboxylic acids is 1. The largest absolute Gasteiger partial charge is 0.394 e. The number of carbonyl (C=O) groups is 1. The molecule has 1 amide bonds. The number of nitrogens with zero attached hydrogens (tertiary/aromatic N) is 6. The highest BCUT2D eigenvalue weighted by Gasteiger charge is 2.69. The summed E-state index contributed by atoms with van der Waals surface area (Å²) < 4.78 is 20.1. The van der Waals surface area contributed by atoms with Crippen LogP contribution in [0.1, 0.15) is 103 Å². The maximum atomic E-state index is 13.9. The number of rotatable bonds is 26. The lowest BCUT2D eigenvalue weighted by molar-refractivity contribution is -0.225. The van der Waals surface area contributed by atoms with Gasteiger partial charge in [-0.25, -0.2) is 4.68 Å². The number of aliphatic hydroxyl groups excluding tert-OH is 5. The molecule has 0 aromatic carbocycles. The maximum absolute atomic E-state index is 13.9. The van der Waals surface area contributed by atoms with Gasteiger partial charge in [-0.3, -0.25) is 14.7 Å². The number of hydrogen-bond donors (Lipinski definition) is 5. The van der Waals surface area contributed by atoms with Crippen molar-refractivity contribution in [3.05, 3.63) is 11.9 Å². The van der Waals surface area contributed by atoms with Crippen molar-refractivity contribution in [2.24, 2.45) is 28.2 Å². The smallest absolute Gasteiger partial charge is 0.223 e. The van der Waals surface area contributed by atoms with E-state index in [1.807, 2.05) is 24.4 Å². The van der Waals surface area contributed by atoms with E-state index in [0.29, 0.717) is 94.5 Å². The Bertz CT molecular complexity index is 1400. The molecule has 2 heterocycles. The number of aliphatic hydroxyl groups is 5. The van der Waals surface area contributed by atoms with Gasteiger partial charge in [-0.15, -0.1) is 5.10 Å². The Morgan fingerprint density at radius 1 is 1.04 bits per heavy atom. The molecule has 6 rings (SSSR count). The molecule has 15 nitrogen and oxygen atoms in total. The number of unbranched alkanes of at least 4 members (excludes halogenated alkanes) is 3. The van der Waals surface area contributed by atoms with E-state index >= 15 is 0 Å². The zero-order valence-electron chi connectivity index (χ0n) is 33.9. The molecule has 0 spiro atoms. The summed E-state index contributed by atoms with van der Waals surface area (Å²) in [6, 6.07) is 0.589. The van der Waals surface area contributed by atoms with Gasteiger partial charge in [0.15, 0.2) is 0 Å². The Balaban J connectivity index is 0.874. The van der Waals surface area contributed by atoms with E-state index in [1.165, 1.54) is 32.1 Å². The van der Waals surface area contributed by atoms with Crippen LogP contribution in [0.5, 0.6) is 0 Å². The van der Waals surface area contributed by atoms with E-state index in [2.05, 4.69) is 27.1 Å². The van der Waals surface area contributed by atoms with Gasteiger partial charge in [-0.2, -0.15) is 0 Å². The first-order valence-corrected chi connectivity index (χ1v) is 21.6. The van der Waals surface area contributed by atoms with Gasteiger partial charge in [-0.1, -0.05) is 44.2 Å². The predicted octanol–water partition coefficient (Wildman–Crippen LogP) is 1.96. The summed E-state index contributed by atoms with van der Waals surface area (Å²) in [5, 5.41) is 58.3. The second kappa shape index (κ2) is 20.3. The van der Waals surface area contributed by atoms with Crippen LogP contribution in [0.15, 0.2) is 11.2 Å². The third-order valence-electron chi connectivity index (χ3n) is 13.8. The van der Waals surface area contributed by atoms with Crippen LogP contribution in [0.3, 0.4) is 0 Å². The summed E-state index contributed by atoms with van der Waals surface area (Å²) in [6.45, 7) is 5.46. The first-order valence-electron chi connectivity index (χ1n) is 21.6. The van der Waals surface area contributed by atoms with Crippen LogP contribution in [-0.4, -0.2) is 164 Å². The molecule has 4 unspecified atom stereocenters. The Morgan fingerprint density at radius 2 is 1.82 bits per heavy atom.